The predicted octanol–water partition coefficient (Wildman–Crippen LogP) is 1.90. The highest BCUT2D eigenvalue weighted by molar-refractivity contribution is 5.95. The Morgan fingerprint density at radius 2 is 1.91 bits per heavy atom. The van der Waals surface area contributed by atoms with Crippen molar-refractivity contribution in [2.75, 3.05) is 25.5 Å². The highest BCUT2D eigenvalue weighted by atomic mass is 16.3. The van der Waals surface area contributed by atoms with Crippen molar-refractivity contribution < 1.29 is 9.90 Å². The molecule has 2 rings (SSSR count). The number of aryl methyl sites for hydroxylation is 2. The van der Waals surface area contributed by atoms with Crippen molar-refractivity contribution in [2.45, 2.75) is 13.8 Å². The number of hydrogen-bond acceptors (Lipinski definition) is 5. The van der Waals surface area contributed by atoms with E-state index in [9.17, 15) is 4.79 Å². The molecule has 22 heavy (non-hydrogen) atoms. The summed E-state index contributed by atoms with van der Waals surface area (Å²) >= 11 is 0. The van der Waals surface area contributed by atoms with E-state index in [1.807, 2.05) is 26.0 Å². The number of likely N-dealkylation sites (N-methyl/N-ethyl adjacent to an activating group) is 1. The minimum atomic E-state index is -0.140. The fraction of sp³-hybridized carbons (Fsp3) is 0.312. The van der Waals surface area contributed by atoms with Gasteiger partial charge in [-0.3, -0.25) is 4.79 Å². The van der Waals surface area contributed by atoms with Gasteiger partial charge in [0.15, 0.2) is 0 Å². The van der Waals surface area contributed by atoms with Crippen molar-refractivity contribution in [1.82, 2.24) is 14.9 Å². The maximum atomic E-state index is 12.2. The lowest BCUT2D eigenvalue weighted by Gasteiger charge is -2.16. The average molecular weight is 300 g/mol. The third kappa shape index (κ3) is 4.02. The Balaban J connectivity index is 2.19. The summed E-state index contributed by atoms with van der Waals surface area (Å²) in [6.07, 6.45) is 0. The largest absolute Gasteiger partial charge is 0.395 e. The molecule has 6 heteroatoms. The molecule has 0 radical (unpaired) electrons. The smallest absolute Gasteiger partial charge is 0.253 e. The van der Waals surface area contributed by atoms with Crippen LogP contribution in [0.4, 0.5) is 11.6 Å². The SMILES string of the molecule is Cc1cc(C)nc(Nc2cccc(C(=O)N(C)CCO)c2)n1. The number of aliphatic hydroxyl groups is 1. The minimum Gasteiger partial charge on any atom is -0.395 e. The minimum absolute atomic E-state index is 0.0589. The molecule has 1 aromatic carbocycles. The lowest BCUT2D eigenvalue weighted by molar-refractivity contribution is 0.0767. The second-order valence-corrected chi connectivity index (χ2v) is 5.13. The number of hydrogen-bond donors (Lipinski definition) is 2. The molecule has 1 aromatic heterocycles. The molecule has 0 aliphatic carbocycles. The summed E-state index contributed by atoms with van der Waals surface area (Å²) < 4.78 is 0. The maximum Gasteiger partial charge on any atom is 0.253 e. The molecule has 0 saturated heterocycles. The van der Waals surface area contributed by atoms with Gasteiger partial charge in [-0.25, -0.2) is 9.97 Å². The Hall–Kier alpha value is -2.47. The lowest BCUT2D eigenvalue weighted by Crippen LogP contribution is -2.29. The standard InChI is InChI=1S/C16H20N4O2/c1-11-9-12(2)18-16(17-11)19-14-6-4-5-13(10-14)15(22)20(3)7-8-21/h4-6,9-10,21H,7-8H2,1-3H3,(H,17,18,19). The molecule has 1 amide bonds. The van der Waals surface area contributed by atoms with E-state index in [2.05, 4.69) is 15.3 Å². The van der Waals surface area contributed by atoms with Gasteiger partial charge in [0.05, 0.1) is 6.61 Å². The van der Waals surface area contributed by atoms with E-state index in [-0.39, 0.29) is 12.5 Å². The molecule has 0 aliphatic heterocycles. The number of benzene rings is 1. The van der Waals surface area contributed by atoms with E-state index in [1.165, 1.54) is 4.90 Å². The second kappa shape index (κ2) is 7.00. The van der Waals surface area contributed by atoms with Gasteiger partial charge in [0, 0.05) is 36.2 Å². The Kier molecular flexibility index (Phi) is 5.06. The quantitative estimate of drug-likeness (QED) is 0.882. The third-order valence-electron chi connectivity index (χ3n) is 3.13. The molecule has 0 aliphatic rings. The number of carbonyl (C=O) groups excluding carboxylic acids is 1. The lowest BCUT2D eigenvalue weighted by atomic mass is 10.2. The van der Waals surface area contributed by atoms with E-state index in [1.54, 1.807) is 25.2 Å². The number of anilines is 2. The van der Waals surface area contributed by atoms with Gasteiger partial charge >= 0.3 is 0 Å². The Morgan fingerprint density at radius 1 is 1.23 bits per heavy atom. The molecular weight excluding hydrogens is 280 g/mol. The third-order valence-corrected chi connectivity index (χ3v) is 3.13. The first-order valence-corrected chi connectivity index (χ1v) is 7.05. The van der Waals surface area contributed by atoms with Gasteiger partial charge in [-0.1, -0.05) is 6.07 Å². The number of nitrogens with zero attached hydrogens (tertiary/aromatic N) is 3. The van der Waals surface area contributed by atoms with Crippen LogP contribution in [0.15, 0.2) is 30.3 Å². The normalized spacial score (nSPS) is 10.4. The molecule has 0 atom stereocenters. The number of amides is 1. The van der Waals surface area contributed by atoms with Crippen LogP contribution in [0.3, 0.4) is 0 Å². The van der Waals surface area contributed by atoms with E-state index in [0.717, 1.165) is 17.1 Å². The van der Waals surface area contributed by atoms with Crippen molar-refractivity contribution in [1.29, 1.82) is 0 Å². The molecule has 116 valence electrons. The van der Waals surface area contributed by atoms with Gasteiger partial charge in [-0.15, -0.1) is 0 Å². The Morgan fingerprint density at radius 3 is 2.55 bits per heavy atom. The number of aliphatic hydroxyl groups excluding tert-OH is 1. The maximum absolute atomic E-state index is 12.2. The number of nitrogens with one attached hydrogen (secondary N) is 1. The van der Waals surface area contributed by atoms with Crippen LogP contribution in [0.25, 0.3) is 0 Å². The van der Waals surface area contributed by atoms with Gasteiger partial charge < -0.3 is 15.3 Å². The average Bonchev–Trinajstić information content (AvgIpc) is 2.46. The summed E-state index contributed by atoms with van der Waals surface area (Å²) in [6, 6.07) is 9.03. The summed E-state index contributed by atoms with van der Waals surface area (Å²) in [7, 11) is 1.66. The highest BCUT2D eigenvalue weighted by Crippen LogP contribution is 2.16. The summed E-state index contributed by atoms with van der Waals surface area (Å²) in [5.74, 6) is 0.366. The molecular formula is C16H20N4O2. The summed E-state index contributed by atoms with van der Waals surface area (Å²) in [4.78, 5) is 22.3. The molecule has 2 N–H and O–H groups in total. The molecule has 0 spiro atoms. The van der Waals surface area contributed by atoms with Gasteiger partial charge in [0.2, 0.25) is 5.95 Å². The zero-order valence-electron chi connectivity index (χ0n) is 13.0. The van der Waals surface area contributed by atoms with E-state index in [0.29, 0.717) is 18.1 Å². The van der Waals surface area contributed by atoms with Gasteiger partial charge in [0.1, 0.15) is 0 Å². The summed E-state index contributed by atoms with van der Waals surface area (Å²) in [5.41, 5.74) is 3.05. The Labute approximate surface area is 129 Å². The zero-order chi connectivity index (χ0) is 16.1. The first-order valence-electron chi connectivity index (χ1n) is 7.05. The fourth-order valence-corrected chi connectivity index (χ4v) is 2.11. The Bertz CT molecular complexity index is 653. The van der Waals surface area contributed by atoms with Gasteiger partial charge in [-0.05, 0) is 38.1 Å². The predicted molar refractivity (Wildman–Crippen MR) is 85.3 cm³/mol. The first kappa shape index (κ1) is 15.9. The topological polar surface area (TPSA) is 78.4 Å². The van der Waals surface area contributed by atoms with Crippen LogP contribution in [0.5, 0.6) is 0 Å². The van der Waals surface area contributed by atoms with Gasteiger partial charge in [0.25, 0.3) is 5.91 Å². The van der Waals surface area contributed by atoms with E-state index >= 15 is 0 Å². The van der Waals surface area contributed by atoms with Crippen molar-refractivity contribution in [2.24, 2.45) is 0 Å². The van der Waals surface area contributed by atoms with Crippen molar-refractivity contribution in [3.8, 4) is 0 Å². The van der Waals surface area contributed by atoms with Crippen molar-refractivity contribution in [3.05, 3.63) is 47.3 Å². The number of aromatic nitrogens is 2. The number of rotatable bonds is 5. The molecule has 0 fully saturated rings. The van der Waals surface area contributed by atoms with Crippen molar-refractivity contribution in [3.63, 3.8) is 0 Å². The highest BCUT2D eigenvalue weighted by Gasteiger charge is 2.11. The first-order chi connectivity index (χ1) is 10.5. The van der Waals surface area contributed by atoms with Crippen LogP contribution >= 0.6 is 0 Å². The van der Waals surface area contributed by atoms with Crippen LogP contribution in [0.2, 0.25) is 0 Å². The van der Waals surface area contributed by atoms with Crippen LogP contribution in [-0.2, 0) is 0 Å². The zero-order valence-corrected chi connectivity index (χ0v) is 13.0. The molecule has 0 unspecified atom stereocenters. The molecule has 1 heterocycles. The van der Waals surface area contributed by atoms with E-state index < -0.39 is 0 Å². The number of carbonyl (C=O) groups is 1. The summed E-state index contributed by atoms with van der Waals surface area (Å²) in [6.45, 7) is 4.06. The fourth-order valence-electron chi connectivity index (χ4n) is 2.11. The van der Waals surface area contributed by atoms with E-state index in [4.69, 9.17) is 5.11 Å². The van der Waals surface area contributed by atoms with Crippen LogP contribution < -0.4 is 5.32 Å². The molecule has 2 aromatic rings. The second-order valence-electron chi connectivity index (χ2n) is 5.13. The molecule has 0 bridgehead atoms. The van der Waals surface area contributed by atoms with Crippen LogP contribution in [0, 0.1) is 13.8 Å². The van der Waals surface area contributed by atoms with Crippen LogP contribution in [-0.4, -0.2) is 46.1 Å². The van der Waals surface area contributed by atoms with Crippen LogP contribution in [0.1, 0.15) is 21.7 Å². The van der Waals surface area contributed by atoms with Crippen molar-refractivity contribution >= 4 is 17.5 Å². The molecule has 0 saturated carbocycles. The molecule has 6 nitrogen and oxygen atoms in total. The summed E-state index contributed by atoms with van der Waals surface area (Å²) in [5, 5.41) is 12.0. The monoisotopic (exact) mass is 300 g/mol. The van der Waals surface area contributed by atoms with Gasteiger partial charge in [-0.2, -0.15) is 0 Å².